The smallest absolute Gasteiger partial charge is 0.143 e. The standard InChI is InChI=1S/C22H32O2/c1-3-5-19-15-21(22(19)23)18-8-6-16(7-9-18)17-10-12-20(13-11-17)24-14-4-2/h6-9,17,19-21H,3-5,10-15H2,1-2H3. The Bertz CT molecular complexity index is 525. The molecule has 0 radical (unpaired) electrons. The van der Waals surface area contributed by atoms with Crippen molar-refractivity contribution >= 4 is 5.78 Å². The van der Waals surface area contributed by atoms with Crippen molar-refractivity contribution in [1.82, 2.24) is 0 Å². The summed E-state index contributed by atoms with van der Waals surface area (Å²) in [5.74, 6) is 1.65. The molecule has 2 heteroatoms. The van der Waals surface area contributed by atoms with Crippen LogP contribution in [0.1, 0.15) is 88.2 Å². The van der Waals surface area contributed by atoms with E-state index in [0.29, 0.717) is 23.7 Å². The Labute approximate surface area is 147 Å². The summed E-state index contributed by atoms with van der Waals surface area (Å²) in [5, 5.41) is 0. The number of hydrogen-bond donors (Lipinski definition) is 0. The molecule has 2 fully saturated rings. The van der Waals surface area contributed by atoms with E-state index in [1.807, 2.05) is 0 Å². The Balaban J connectivity index is 1.52. The van der Waals surface area contributed by atoms with Gasteiger partial charge in [0.2, 0.25) is 0 Å². The lowest BCUT2D eigenvalue weighted by atomic mass is 9.68. The van der Waals surface area contributed by atoms with Gasteiger partial charge < -0.3 is 4.74 Å². The molecule has 24 heavy (non-hydrogen) atoms. The van der Waals surface area contributed by atoms with Gasteiger partial charge in [0.1, 0.15) is 5.78 Å². The summed E-state index contributed by atoms with van der Waals surface area (Å²) in [6.07, 6.45) is 9.67. The zero-order chi connectivity index (χ0) is 16.9. The Morgan fingerprint density at radius 1 is 0.958 bits per heavy atom. The van der Waals surface area contributed by atoms with E-state index in [1.165, 1.54) is 36.8 Å². The fraction of sp³-hybridized carbons (Fsp3) is 0.682. The molecule has 1 aromatic carbocycles. The fourth-order valence-electron chi connectivity index (χ4n) is 4.40. The van der Waals surface area contributed by atoms with Crippen molar-refractivity contribution in [3.8, 4) is 0 Å². The molecule has 0 aromatic heterocycles. The number of rotatable bonds is 7. The topological polar surface area (TPSA) is 26.3 Å². The van der Waals surface area contributed by atoms with Gasteiger partial charge in [-0.15, -0.1) is 0 Å². The van der Waals surface area contributed by atoms with E-state index >= 15 is 0 Å². The molecule has 2 saturated carbocycles. The van der Waals surface area contributed by atoms with Crippen molar-refractivity contribution in [1.29, 1.82) is 0 Å². The van der Waals surface area contributed by atoms with Crippen LogP contribution in [-0.4, -0.2) is 18.5 Å². The van der Waals surface area contributed by atoms with Gasteiger partial charge in [0.25, 0.3) is 0 Å². The van der Waals surface area contributed by atoms with Crippen LogP contribution < -0.4 is 0 Å². The number of Topliss-reactive ketones (excluding diaryl/α,β-unsaturated/α-hetero) is 1. The highest BCUT2D eigenvalue weighted by atomic mass is 16.5. The average molecular weight is 328 g/mol. The van der Waals surface area contributed by atoms with E-state index in [9.17, 15) is 4.79 Å². The maximum absolute atomic E-state index is 12.2. The lowest BCUT2D eigenvalue weighted by Gasteiger charge is -2.34. The summed E-state index contributed by atoms with van der Waals surface area (Å²) < 4.78 is 5.89. The normalized spacial score (nSPS) is 30.2. The average Bonchev–Trinajstić information content (AvgIpc) is 2.63. The van der Waals surface area contributed by atoms with Gasteiger partial charge in [0.15, 0.2) is 0 Å². The van der Waals surface area contributed by atoms with E-state index in [1.54, 1.807) is 0 Å². The summed E-state index contributed by atoms with van der Waals surface area (Å²) in [6, 6.07) is 8.96. The van der Waals surface area contributed by atoms with Crippen LogP contribution in [0.2, 0.25) is 0 Å². The molecule has 2 aliphatic rings. The molecule has 2 unspecified atom stereocenters. The lowest BCUT2D eigenvalue weighted by Crippen LogP contribution is -2.35. The van der Waals surface area contributed by atoms with Crippen LogP contribution >= 0.6 is 0 Å². The molecule has 0 bridgehead atoms. The molecule has 0 spiro atoms. The second-order valence-electron chi connectivity index (χ2n) is 7.69. The van der Waals surface area contributed by atoms with Crippen molar-refractivity contribution in [3.05, 3.63) is 35.4 Å². The molecule has 0 saturated heterocycles. The lowest BCUT2D eigenvalue weighted by molar-refractivity contribution is -0.132. The summed E-state index contributed by atoms with van der Waals surface area (Å²) in [6.45, 7) is 5.24. The first-order chi connectivity index (χ1) is 11.7. The first-order valence-corrected chi connectivity index (χ1v) is 9.98. The second-order valence-corrected chi connectivity index (χ2v) is 7.69. The Kier molecular flexibility index (Phi) is 6.10. The van der Waals surface area contributed by atoms with Crippen molar-refractivity contribution in [2.75, 3.05) is 6.61 Å². The Morgan fingerprint density at radius 2 is 1.62 bits per heavy atom. The molecule has 3 rings (SSSR count). The largest absolute Gasteiger partial charge is 0.378 e. The third-order valence-corrected chi connectivity index (χ3v) is 5.95. The molecule has 0 N–H and O–H groups in total. The highest BCUT2D eigenvalue weighted by molar-refractivity contribution is 5.93. The van der Waals surface area contributed by atoms with Gasteiger partial charge in [0, 0.05) is 18.4 Å². The van der Waals surface area contributed by atoms with Crippen molar-refractivity contribution in [2.24, 2.45) is 5.92 Å². The van der Waals surface area contributed by atoms with Crippen LogP contribution in [0.4, 0.5) is 0 Å². The molecule has 0 amide bonds. The Morgan fingerprint density at radius 3 is 2.21 bits per heavy atom. The fourth-order valence-corrected chi connectivity index (χ4v) is 4.40. The van der Waals surface area contributed by atoms with E-state index in [4.69, 9.17) is 4.74 Å². The highest BCUT2D eigenvalue weighted by Gasteiger charge is 2.39. The molecular formula is C22H32O2. The molecule has 2 aliphatic carbocycles. The number of carbonyl (C=O) groups is 1. The van der Waals surface area contributed by atoms with Crippen LogP contribution in [0.15, 0.2) is 24.3 Å². The molecular weight excluding hydrogens is 296 g/mol. The number of benzene rings is 1. The summed E-state index contributed by atoms with van der Waals surface area (Å²) >= 11 is 0. The van der Waals surface area contributed by atoms with E-state index in [-0.39, 0.29) is 5.92 Å². The highest BCUT2D eigenvalue weighted by Crippen LogP contribution is 2.41. The van der Waals surface area contributed by atoms with Crippen LogP contribution in [0.25, 0.3) is 0 Å². The van der Waals surface area contributed by atoms with Gasteiger partial charge >= 0.3 is 0 Å². The molecule has 0 heterocycles. The third kappa shape index (κ3) is 3.91. The summed E-state index contributed by atoms with van der Waals surface area (Å²) in [5.41, 5.74) is 2.68. The van der Waals surface area contributed by atoms with Crippen LogP contribution in [0.5, 0.6) is 0 Å². The number of hydrogen-bond acceptors (Lipinski definition) is 2. The van der Waals surface area contributed by atoms with E-state index in [0.717, 1.165) is 32.3 Å². The van der Waals surface area contributed by atoms with Crippen molar-refractivity contribution < 1.29 is 9.53 Å². The van der Waals surface area contributed by atoms with Crippen LogP contribution in [-0.2, 0) is 9.53 Å². The molecule has 132 valence electrons. The third-order valence-electron chi connectivity index (χ3n) is 5.95. The van der Waals surface area contributed by atoms with E-state index < -0.39 is 0 Å². The first-order valence-electron chi connectivity index (χ1n) is 9.98. The minimum absolute atomic E-state index is 0.175. The quantitative estimate of drug-likeness (QED) is 0.650. The second kappa shape index (κ2) is 8.29. The zero-order valence-electron chi connectivity index (χ0n) is 15.3. The maximum atomic E-state index is 12.2. The predicted octanol–water partition coefficient (Wildman–Crippen LogP) is 5.61. The number of ketones is 1. The van der Waals surface area contributed by atoms with Gasteiger partial charge in [-0.1, -0.05) is 44.5 Å². The van der Waals surface area contributed by atoms with Gasteiger partial charge in [-0.25, -0.2) is 0 Å². The number of carbonyl (C=O) groups excluding carboxylic acids is 1. The minimum atomic E-state index is 0.175. The molecule has 2 atom stereocenters. The number of ether oxygens (including phenoxy) is 1. The summed E-state index contributed by atoms with van der Waals surface area (Å²) in [7, 11) is 0. The minimum Gasteiger partial charge on any atom is -0.378 e. The van der Waals surface area contributed by atoms with Crippen molar-refractivity contribution in [3.63, 3.8) is 0 Å². The molecule has 0 aliphatic heterocycles. The SMILES string of the molecule is CCCOC1CCC(c2ccc(C3CC(CCC)C3=O)cc2)CC1. The van der Waals surface area contributed by atoms with Gasteiger partial charge in [-0.05, 0) is 62.0 Å². The molecule has 1 aromatic rings. The Hall–Kier alpha value is -1.15. The van der Waals surface area contributed by atoms with E-state index in [2.05, 4.69) is 38.1 Å². The van der Waals surface area contributed by atoms with Gasteiger partial charge in [-0.2, -0.15) is 0 Å². The summed E-state index contributed by atoms with van der Waals surface area (Å²) in [4.78, 5) is 12.2. The maximum Gasteiger partial charge on any atom is 0.143 e. The first kappa shape index (κ1) is 17.7. The van der Waals surface area contributed by atoms with Gasteiger partial charge in [-0.3, -0.25) is 4.79 Å². The molecule has 2 nitrogen and oxygen atoms in total. The van der Waals surface area contributed by atoms with Gasteiger partial charge in [0.05, 0.1) is 6.10 Å². The van der Waals surface area contributed by atoms with Crippen molar-refractivity contribution in [2.45, 2.75) is 83.2 Å². The monoisotopic (exact) mass is 328 g/mol. The van der Waals surface area contributed by atoms with Crippen LogP contribution in [0, 0.1) is 5.92 Å². The predicted molar refractivity (Wildman–Crippen MR) is 98.4 cm³/mol. The zero-order valence-corrected chi connectivity index (χ0v) is 15.3. The van der Waals surface area contributed by atoms with Crippen LogP contribution in [0.3, 0.4) is 0 Å².